The summed E-state index contributed by atoms with van der Waals surface area (Å²) in [5.74, 6) is 1.31. The third-order valence-corrected chi connectivity index (χ3v) is 4.20. The number of nitrogen functional groups attached to an aromatic ring is 1. The van der Waals surface area contributed by atoms with Crippen LogP contribution in [0.1, 0.15) is 44.4 Å². The van der Waals surface area contributed by atoms with Crippen molar-refractivity contribution in [1.82, 2.24) is 20.2 Å². The van der Waals surface area contributed by atoms with Crippen LogP contribution in [0.15, 0.2) is 12.1 Å². The van der Waals surface area contributed by atoms with Gasteiger partial charge >= 0.3 is 0 Å². The molecule has 1 aromatic heterocycles. The predicted molar refractivity (Wildman–Crippen MR) is 81.3 cm³/mol. The van der Waals surface area contributed by atoms with Gasteiger partial charge in [-0.25, -0.2) is 4.68 Å². The molecule has 1 heterocycles. The second-order valence-electron chi connectivity index (χ2n) is 5.60. The number of nitrogens with two attached hydrogens (primary N) is 1. The molecule has 20 heavy (non-hydrogen) atoms. The normalized spacial score (nSPS) is 14.2. The first-order chi connectivity index (χ1) is 9.45. The molecule has 2 unspecified atom stereocenters. The Morgan fingerprint density at radius 2 is 1.90 bits per heavy atom. The molecule has 1 aromatic carbocycles. The summed E-state index contributed by atoms with van der Waals surface area (Å²) in [7, 11) is 0. The second kappa shape index (κ2) is 5.61. The minimum Gasteiger partial charge on any atom is -0.398 e. The zero-order valence-corrected chi connectivity index (χ0v) is 12.9. The first-order valence-electron chi connectivity index (χ1n) is 7.10. The summed E-state index contributed by atoms with van der Waals surface area (Å²) in [5.41, 5.74) is 10.0. The van der Waals surface area contributed by atoms with Gasteiger partial charge in [0.1, 0.15) is 0 Å². The number of aryl methyl sites for hydroxylation is 2. The molecule has 0 saturated heterocycles. The molecule has 0 fully saturated rings. The summed E-state index contributed by atoms with van der Waals surface area (Å²) in [6.45, 7) is 10.6. The van der Waals surface area contributed by atoms with Gasteiger partial charge in [-0.2, -0.15) is 0 Å². The Bertz CT molecular complexity index is 602. The van der Waals surface area contributed by atoms with Crippen molar-refractivity contribution in [3.63, 3.8) is 0 Å². The van der Waals surface area contributed by atoms with Crippen LogP contribution in [0.4, 0.5) is 5.69 Å². The van der Waals surface area contributed by atoms with Crippen LogP contribution >= 0.6 is 0 Å². The van der Waals surface area contributed by atoms with Crippen molar-refractivity contribution >= 4 is 5.69 Å². The molecular formula is C15H23N5. The van der Waals surface area contributed by atoms with E-state index in [9.17, 15) is 0 Å². The molecule has 2 N–H and O–H groups in total. The smallest absolute Gasteiger partial charge is 0.182 e. The highest BCUT2D eigenvalue weighted by molar-refractivity contribution is 5.67. The van der Waals surface area contributed by atoms with Gasteiger partial charge in [0, 0.05) is 11.3 Å². The maximum Gasteiger partial charge on any atom is 0.182 e. The quantitative estimate of drug-likeness (QED) is 0.869. The summed E-state index contributed by atoms with van der Waals surface area (Å²) in [5, 5.41) is 12.2. The highest BCUT2D eigenvalue weighted by Crippen LogP contribution is 2.29. The molecule has 2 aromatic rings. The van der Waals surface area contributed by atoms with Crippen LogP contribution in [0.25, 0.3) is 11.4 Å². The number of rotatable bonds is 4. The van der Waals surface area contributed by atoms with Gasteiger partial charge in [-0.1, -0.05) is 26.3 Å². The first kappa shape index (κ1) is 14.5. The van der Waals surface area contributed by atoms with E-state index in [4.69, 9.17) is 5.73 Å². The number of hydrogen-bond acceptors (Lipinski definition) is 4. The Hall–Kier alpha value is -1.91. The zero-order valence-electron chi connectivity index (χ0n) is 12.9. The highest BCUT2D eigenvalue weighted by Gasteiger charge is 2.20. The largest absolute Gasteiger partial charge is 0.398 e. The summed E-state index contributed by atoms with van der Waals surface area (Å²) in [6.07, 6.45) is 1.09. The monoisotopic (exact) mass is 273 g/mol. The number of anilines is 1. The topological polar surface area (TPSA) is 69.6 Å². The standard InChI is InChI=1S/C15H23N5/c1-6-9(2)12(5)20-15(17-18-19-20)13-8-14(16)11(4)7-10(13)3/h7-9,12H,6,16H2,1-5H3. The molecular weight excluding hydrogens is 250 g/mol. The van der Waals surface area contributed by atoms with E-state index in [-0.39, 0.29) is 6.04 Å². The Morgan fingerprint density at radius 1 is 1.20 bits per heavy atom. The van der Waals surface area contributed by atoms with Crippen molar-refractivity contribution in [2.24, 2.45) is 5.92 Å². The van der Waals surface area contributed by atoms with Crippen LogP contribution in [-0.4, -0.2) is 20.2 Å². The van der Waals surface area contributed by atoms with Gasteiger partial charge in [-0.15, -0.1) is 5.10 Å². The average molecular weight is 273 g/mol. The van der Waals surface area contributed by atoms with E-state index < -0.39 is 0 Å². The number of benzene rings is 1. The van der Waals surface area contributed by atoms with Gasteiger partial charge in [0.25, 0.3) is 0 Å². The van der Waals surface area contributed by atoms with Gasteiger partial charge in [0.15, 0.2) is 5.82 Å². The summed E-state index contributed by atoms with van der Waals surface area (Å²) >= 11 is 0. The molecule has 0 saturated carbocycles. The van der Waals surface area contributed by atoms with Crippen LogP contribution in [0.3, 0.4) is 0 Å². The Morgan fingerprint density at radius 3 is 2.55 bits per heavy atom. The molecule has 2 rings (SSSR count). The first-order valence-corrected chi connectivity index (χ1v) is 7.10. The van der Waals surface area contributed by atoms with E-state index in [0.717, 1.165) is 34.6 Å². The van der Waals surface area contributed by atoms with Crippen molar-refractivity contribution in [2.75, 3.05) is 5.73 Å². The molecule has 5 nitrogen and oxygen atoms in total. The van der Waals surface area contributed by atoms with Crippen LogP contribution < -0.4 is 5.73 Å². The molecule has 0 spiro atoms. The van der Waals surface area contributed by atoms with E-state index in [1.165, 1.54) is 0 Å². The fraction of sp³-hybridized carbons (Fsp3) is 0.533. The average Bonchev–Trinajstić information content (AvgIpc) is 2.90. The van der Waals surface area contributed by atoms with E-state index in [1.54, 1.807) is 0 Å². The second-order valence-corrected chi connectivity index (χ2v) is 5.60. The molecule has 0 aliphatic rings. The Balaban J connectivity index is 2.50. The Kier molecular flexibility index (Phi) is 4.06. The van der Waals surface area contributed by atoms with Crippen molar-refractivity contribution in [2.45, 2.75) is 47.1 Å². The molecule has 108 valence electrons. The predicted octanol–water partition coefficient (Wildman–Crippen LogP) is 3.15. The lowest BCUT2D eigenvalue weighted by Crippen LogP contribution is -2.16. The van der Waals surface area contributed by atoms with Crippen LogP contribution in [0.2, 0.25) is 0 Å². The van der Waals surface area contributed by atoms with Crippen molar-refractivity contribution in [3.8, 4) is 11.4 Å². The summed E-state index contributed by atoms with van der Waals surface area (Å²) in [6, 6.07) is 4.31. The lowest BCUT2D eigenvalue weighted by Gasteiger charge is -2.20. The minimum atomic E-state index is 0.256. The van der Waals surface area contributed by atoms with E-state index in [1.807, 2.05) is 17.7 Å². The van der Waals surface area contributed by atoms with Crippen LogP contribution in [-0.2, 0) is 0 Å². The van der Waals surface area contributed by atoms with Gasteiger partial charge in [-0.3, -0.25) is 0 Å². The molecule has 5 heteroatoms. The molecule has 2 atom stereocenters. The molecule has 0 aliphatic carbocycles. The third kappa shape index (κ3) is 2.53. The third-order valence-electron chi connectivity index (χ3n) is 4.20. The lowest BCUT2D eigenvalue weighted by molar-refractivity contribution is 0.340. The fourth-order valence-corrected chi connectivity index (χ4v) is 2.34. The van der Waals surface area contributed by atoms with Gasteiger partial charge < -0.3 is 5.73 Å². The fourth-order valence-electron chi connectivity index (χ4n) is 2.34. The van der Waals surface area contributed by atoms with Crippen LogP contribution in [0.5, 0.6) is 0 Å². The van der Waals surface area contributed by atoms with Gasteiger partial charge in [-0.05, 0) is 54.3 Å². The molecule has 0 amide bonds. The van der Waals surface area contributed by atoms with E-state index in [2.05, 4.69) is 49.3 Å². The van der Waals surface area contributed by atoms with Crippen molar-refractivity contribution < 1.29 is 0 Å². The number of aromatic nitrogens is 4. The SMILES string of the molecule is CCC(C)C(C)n1nnnc1-c1cc(N)c(C)cc1C. The maximum absolute atomic E-state index is 6.03. The van der Waals surface area contributed by atoms with Crippen molar-refractivity contribution in [3.05, 3.63) is 23.3 Å². The molecule has 0 radical (unpaired) electrons. The van der Waals surface area contributed by atoms with Gasteiger partial charge in [0.05, 0.1) is 6.04 Å². The van der Waals surface area contributed by atoms with E-state index in [0.29, 0.717) is 5.92 Å². The summed E-state index contributed by atoms with van der Waals surface area (Å²) in [4.78, 5) is 0. The number of hydrogen-bond donors (Lipinski definition) is 1. The van der Waals surface area contributed by atoms with Crippen molar-refractivity contribution in [1.29, 1.82) is 0 Å². The molecule has 0 aliphatic heterocycles. The van der Waals surface area contributed by atoms with Gasteiger partial charge in [0.2, 0.25) is 0 Å². The number of tetrazole rings is 1. The minimum absolute atomic E-state index is 0.256. The maximum atomic E-state index is 6.03. The zero-order chi connectivity index (χ0) is 14.9. The lowest BCUT2D eigenvalue weighted by atomic mass is 9.99. The number of nitrogens with zero attached hydrogens (tertiary/aromatic N) is 4. The Labute approximate surface area is 120 Å². The van der Waals surface area contributed by atoms with Crippen LogP contribution in [0, 0.1) is 19.8 Å². The summed E-state index contributed by atoms with van der Waals surface area (Å²) < 4.78 is 1.91. The van der Waals surface area contributed by atoms with E-state index >= 15 is 0 Å². The molecule has 0 bridgehead atoms. The highest BCUT2D eigenvalue weighted by atomic mass is 15.5.